The summed E-state index contributed by atoms with van der Waals surface area (Å²) in [5.74, 6) is -0.207. The number of aliphatic hydroxyl groups is 1. The normalized spacial score (nSPS) is 14.3. The third-order valence-corrected chi connectivity index (χ3v) is 11.2. The number of carbonyl (C=O) groups is 1. The number of carbonyl (C=O) groups excluding carboxylic acids is 1. The monoisotopic (exact) mass is 797 g/mol. The number of unbranched alkanes of at least 4 members (excludes halogenated alkanes) is 27. The van der Waals surface area contributed by atoms with Gasteiger partial charge in [0.05, 0.1) is 25.4 Å². The molecule has 0 radical (unpaired) electrons. The largest absolute Gasteiger partial charge is 0.472 e. The van der Waals surface area contributed by atoms with Gasteiger partial charge in [-0.05, 0) is 51.4 Å². The molecule has 0 spiro atoms. The molecule has 0 rings (SSSR count). The van der Waals surface area contributed by atoms with Gasteiger partial charge in [-0.25, -0.2) is 4.57 Å². The Bertz CT molecular complexity index is 959. The molecule has 0 fully saturated rings. The van der Waals surface area contributed by atoms with Gasteiger partial charge in [0.25, 0.3) is 0 Å². The summed E-state index contributed by atoms with van der Waals surface area (Å²) in [6, 6.07) is -0.867. The predicted octanol–water partition coefficient (Wildman–Crippen LogP) is 13.1. The molecule has 3 unspecified atom stereocenters. The standard InChI is InChI=1S/C46H89N2O6P/c1-3-5-7-9-11-13-15-17-19-21-22-23-24-25-27-29-31-33-35-37-39-45(49)44(43-54-55(51,52)53-42-41-47)48-46(50)40-38-36-34-32-30-28-26-20-18-16-14-12-10-8-6-4-2/h14,16,20,26,37,39,44-45,49H,3-13,15,17-19,21-25,27-36,38,40-43,47H2,1-2H3,(H,48,50)(H,51,52)/b16-14-,26-20-,39-37+. The van der Waals surface area contributed by atoms with Crippen LogP contribution in [-0.2, 0) is 18.4 Å². The van der Waals surface area contributed by atoms with Crippen LogP contribution in [0, 0.1) is 0 Å². The molecule has 0 heterocycles. The average Bonchev–Trinajstić information content (AvgIpc) is 3.17. The van der Waals surface area contributed by atoms with Crippen LogP contribution in [0.25, 0.3) is 0 Å². The summed E-state index contributed by atoms with van der Waals surface area (Å²) in [6.45, 7) is 4.12. The van der Waals surface area contributed by atoms with Crippen LogP contribution < -0.4 is 11.1 Å². The lowest BCUT2D eigenvalue weighted by molar-refractivity contribution is -0.123. The predicted molar refractivity (Wildman–Crippen MR) is 235 cm³/mol. The van der Waals surface area contributed by atoms with Gasteiger partial charge < -0.3 is 21.1 Å². The molecule has 0 aliphatic carbocycles. The minimum atomic E-state index is -4.34. The minimum Gasteiger partial charge on any atom is -0.387 e. The second-order valence-corrected chi connectivity index (χ2v) is 17.1. The molecular formula is C46H89N2O6P. The van der Waals surface area contributed by atoms with Gasteiger partial charge in [-0.2, -0.15) is 0 Å². The third kappa shape index (κ3) is 40.7. The molecule has 0 bridgehead atoms. The van der Waals surface area contributed by atoms with Gasteiger partial charge >= 0.3 is 7.82 Å². The molecule has 0 saturated carbocycles. The number of aliphatic hydroxyl groups excluding tert-OH is 1. The van der Waals surface area contributed by atoms with Gasteiger partial charge in [0.1, 0.15) is 0 Å². The second kappa shape index (κ2) is 42.3. The molecule has 1 amide bonds. The highest BCUT2D eigenvalue weighted by molar-refractivity contribution is 7.47. The highest BCUT2D eigenvalue weighted by Gasteiger charge is 2.26. The van der Waals surface area contributed by atoms with Crippen molar-refractivity contribution >= 4 is 13.7 Å². The Kier molecular flexibility index (Phi) is 41.3. The number of allylic oxidation sites excluding steroid dienone is 5. The van der Waals surface area contributed by atoms with Crippen molar-refractivity contribution < 1.29 is 28.4 Å². The van der Waals surface area contributed by atoms with Gasteiger partial charge in [-0.15, -0.1) is 0 Å². The summed E-state index contributed by atoms with van der Waals surface area (Å²) < 4.78 is 22.1. The molecule has 0 saturated heterocycles. The molecule has 0 aromatic rings. The van der Waals surface area contributed by atoms with E-state index < -0.39 is 20.0 Å². The molecule has 324 valence electrons. The first-order chi connectivity index (χ1) is 26.9. The van der Waals surface area contributed by atoms with E-state index >= 15 is 0 Å². The highest BCUT2D eigenvalue weighted by Crippen LogP contribution is 2.43. The van der Waals surface area contributed by atoms with E-state index in [0.717, 1.165) is 64.2 Å². The third-order valence-electron chi connectivity index (χ3n) is 10.2. The van der Waals surface area contributed by atoms with E-state index in [4.69, 9.17) is 14.8 Å². The number of amides is 1. The maximum absolute atomic E-state index is 12.8. The zero-order chi connectivity index (χ0) is 40.3. The molecular weight excluding hydrogens is 707 g/mol. The Hall–Kier alpha value is -1.28. The molecule has 0 aliphatic heterocycles. The molecule has 0 aliphatic rings. The van der Waals surface area contributed by atoms with Crippen LogP contribution in [-0.4, -0.2) is 47.8 Å². The van der Waals surface area contributed by atoms with Gasteiger partial charge in [-0.3, -0.25) is 13.8 Å². The van der Waals surface area contributed by atoms with Gasteiger partial charge in [0.2, 0.25) is 5.91 Å². The first-order valence-corrected chi connectivity index (χ1v) is 24.6. The number of phosphoric acid groups is 1. The van der Waals surface area contributed by atoms with Crippen molar-refractivity contribution in [3.63, 3.8) is 0 Å². The maximum atomic E-state index is 12.8. The Morgan fingerprint density at radius 1 is 0.600 bits per heavy atom. The van der Waals surface area contributed by atoms with Crippen molar-refractivity contribution in [2.75, 3.05) is 19.8 Å². The van der Waals surface area contributed by atoms with Crippen LogP contribution >= 0.6 is 7.82 Å². The summed E-state index contributed by atoms with van der Waals surface area (Å²) in [6.07, 6.45) is 50.5. The second-order valence-electron chi connectivity index (χ2n) is 15.6. The number of nitrogens with two attached hydrogens (primary N) is 1. The number of rotatable bonds is 43. The van der Waals surface area contributed by atoms with Gasteiger partial charge in [-0.1, -0.05) is 198 Å². The van der Waals surface area contributed by atoms with E-state index in [1.54, 1.807) is 6.08 Å². The lowest BCUT2D eigenvalue weighted by Gasteiger charge is -2.23. The SMILES string of the molecule is CCCCCC/C=C\C/C=C\CCCCCCCC(=O)NC(COP(=O)(O)OCCN)C(O)/C=C/CCCCCCCCCCCCCCCCCCCC. The molecule has 9 heteroatoms. The summed E-state index contributed by atoms with van der Waals surface area (Å²) in [7, 11) is -4.34. The number of nitrogens with one attached hydrogen (secondary N) is 1. The molecule has 8 nitrogen and oxygen atoms in total. The van der Waals surface area contributed by atoms with Crippen molar-refractivity contribution in [3.05, 3.63) is 36.5 Å². The van der Waals surface area contributed by atoms with Crippen LogP contribution in [0.15, 0.2) is 36.5 Å². The van der Waals surface area contributed by atoms with Crippen molar-refractivity contribution in [2.24, 2.45) is 5.73 Å². The molecule has 0 aromatic heterocycles. The van der Waals surface area contributed by atoms with Crippen molar-refractivity contribution in [2.45, 2.75) is 231 Å². The first-order valence-electron chi connectivity index (χ1n) is 23.1. The van der Waals surface area contributed by atoms with Crippen LogP contribution in [0.5, 0.6) is 0 Å². The summed E-state index contributed by atoms with van der Waals surface area (Å²) in [4.78, 5) is 22.7. The Morgan fingerprint density at radius 2 is 1.00 bits per heavy atom. The van der Waals surface area contributed by atoms with Crippen molar-refractivity contribution in [1.29, 1.82) is 0 Å². The van der Waals surface area contributed by atoms with Crippen LogP contribution in [0.3, 0.4) is 0 Å². The van der Waals surface area contributed by atoms with Crippen LogP contribution in [0.4, 0.5) is 0 Å². The topological polar surface area (TPSA) is 131 Å². The smallest absolute Gasteiger partial charge is 0.387 e. The van der Waals surface area contributed by atoms with Crippen molar-refractivity contribution in [1.82, 2.24) is 5.32 Å². The van der Waals surface area contributed by atoms with Crippen LogP contribution in [0.2, 0.25) is 0 Å². The van der Waals surface area contributed by atoms with E-state index in [9.17, 15) is 19.4 Å². The molecule has 3 atom stereocenters. The molecule has 0 aromatic carbocycles. The fourth-order valence-electron chi connectivity index (χ4n) is 6.69. The summed E-state index contributed by atoms with van der Waals surface area (Å²) >= 11 is 0. The number of hydrogen-bond acceptors (Lipinski definition) is 6. The number of hydrogen-bond donors (Lipinski definition) is 4. The van der Waals surface area contributed by atoms with E-state index in [-0.39, 0.29) is 25.7 Å². The molecule has 55 heavy (non-hydrogen) atoms. The van der Waals surface area contributed by atoms with E-state index in [1.165, 1.54) is 135 Å². The minimum absolute atomic E-state index is 0.0759. The number of phosphoric ester groups is 1. The first kappa shape index (κ1) is 53.7. The van der Waals surface area contributed by atoms with Crippen LogP contribution in [0.1, 0.15) is 219 Å². The van der Waals surface area contributed by atoms with Crippen molar-refractivity contribution in [3.8, 4) is 0 Å². The fourth-order valence-corrected chi connectivity index (χ4v) is 7.45. The van der Waals surface area contributed by atoms with E-state index in [2.05, 4.69) is 43.5 Å². The van der Waals surface area contributed by atoms with Gasteiger partial charge in [0.15, 0.2) is 0 Å². The highest BCUT2D eigenvalue weighted by atomic mass is 31.2. The molecule has 5 N–H and O–H groups in total. The zero-order valence-corrected chi connectivity index (χ0v) is 36.8. The van der Waals surface area contributed by atoms with Gasteiger partial charge in [0, 0.05) is 13.0 Å². The zero-order valence-electron chi connectivity index (χ0n) is 35.9. The Morgan fingerprint density at radius 3 is 1.45 bits per heavy atom. The average molecular weight is 797 g/mol. The Labute approximate surface area is 340 Å². The summed E-state index contributed by atoms with van der Waals surface area (Å²) in [5, 5.41) is 13.7. The van der Waals surface area contributed by atoms with E-state index in [1.807, 2.05) is 6.08 Å². The quantitative estimate of drug-likeness (QED) is 0.0274. The van der Waals surface area contributed by atoms with E-state index in [0.29, 0.717) is 6.42 Å². The maximum Gasteiger partial charge on any atom is 0.472 e. The lowest BCUT2D eigenvalue weighted by Crippen LogP contribution is -2.45. The summed E-state index contributed by atoms with van der Waals surface area (Å²) in [5.41, 5.74) is 5.38. The fraction of sp³-hybridized carbons (Fsp3) is 0.848. The lowest BCUT2D eigenvalue weighted by atomic mass is 10.0. The Balaban J connectivity index is 4.19.